The summed E-state index contributed by atoms with van der Waals surface area (Å²) >= 11 is 0. The second-order valence-corrected chi connectivity index (χ2v) is 4.95. The molecule has 0 aliphatic carbocycles. The van der Waals surface area contributed by atoms with Crippen LogP contribution in [0.3, 0.4) is 0 Å². The van der Waals surface area contributed by atoms with E-state index in [0.717, 1.165) is 5.30 Å². The molecule has 0 heterocycles. The number of ether oxygens (including phenoxy) is 3. The molecule has 110 valence electrons. The zero-order valence-electron chi connectivity index (χ0n) is 12.2. The largest absolute Gasteiger partial charge is 0.496 e. The van der Waals surface area contributed by atoms with Crippen molar-refractivity contribution in [2.24, 2.45) is 0 Å². The Bertz CT molecular complexity index is 642. The van der Waals surface area contributed by atoms with Gasteiger partial charge in [0.25, 0.3) is 0 Å². The van der Waals surface area contributed by atoms with Gasteiger partial charge in [-0.05, 0) is 5.30 Å². The molecule has 2 aromatic rings. The first-order valence-corrected chi connectivity index (χ1v) is 6.89. The van der Waals surface area contributed by atoms with Gasteiger partial charge in [0.2, 0.25) is 5.78 Å². The first kappa shape index (κ1) is 15.3. The number of carbonyl (C=O) groups excluding carboxylic acids is 1. The van der Waals surface area contributed by atoms with Crippen molar-refractivity contribution in [2.75, 3.05) is 21.3 Å². The zero-order valence-corrected chi connectivity index (χ0v) is 13.3. The van der Waals surface area contributed by atoms with Gasteiger partial charge in [-0.3, -0.25) is 4.79 Å². The third-order valence-corrected chi connectivity index (χ3v) is 3.65. The van der Waals surface area contributed by atoms with Crippen LogP contribution in [0.4, 0.5) is 0 Å². The van der Waals surface area contributed by atoms with Crippen LogP contribution in [0.1, 0.15) is 15.9 Å². The van der Waals surface area contributed by atoms with E-state index in [1.165, 1.54) is 14.2 Å². The average molecular weight is 304 g/mol. The summed E-state index contributed by atoms with van der Waals surface area (Å²) in [6, 6.07) is 10.7. The van der Waals surface area contributed by atoms with Crippen molar-refractivity contribution < 1.29 is 19.0 Å². The van der Waals surface area contributed by atoms with E-state index in [1.54, 1.807) is 25.3 Å². The van der Waals surface area contributed by atoms with Gasteiger partial charge in [-0.1, -0.05) is 24.3 Å². The molecule has 0 fully saturated rings. The Morgan fingerprint density at radius 2 is 1.52 bits per heavy atom. The van der Waals surface area contributed by atoms with Crippen LogP contribution in [0.15, 0.2) is 36.4 Å². The van der Waals surface area contributed by atoms with E-state index in [2.05, 4.69) is 9.24 Å². The minimum atomic E-state index is -0.156. The Morgan fingerprint density at radius 1 is 0.952 bits per heavy atom. The van der Waals surface area contributed by atoms with Crippen LogP contribution in [-0.4, -0.2) is 27.1 Å². The summed E-state index contributed by atoms with van der Waals surface area (Å²) in [5, 5.41) is 0.822. The van der Waals surface area contributed by atoms with Crippen molar-refractivity contribution in [3.05, 3.63) is 47.5 Å². The molecule has 0 radical (unpaired) electrons. The topological polar surface area (TPSA) is 44.8 Å². The quantitative estimate of drug-likeness (QED) is 0.629. The van der Waals surface area contributed by atoms with Gasteiger partial charge in [0, 0.05) is 17.7 Å². The number of rotatable bonds is 5. The molecule has 4 nitrogen and oxygen atoms in total. The highest BCUT2D eigenvalue weighted by Gasteiger charge is 2.22. The maximum absolute atomic E-state index is 12.8. The normalized spacial score (nSPS) is 10.1. The predicted octanol–water partition coefficient (Wildman–Crippen LogP) is 2.44. The molecule has 2 rings (SSSR count). The Kier molecular flexibility index (Phi) is 4.81. The second kappa shape index (κ2) is 6.59. The number of carbonyl (C=O) groups is 1. The summed E-state index contributed by atoms with van der Waals surface area (Å²) in [6.45, 7) is 0. The van der Waals surface area contributed by atoms with Gasteiger partial charge in [0.15, 0.2) is 0 Å². The first-order valence-electron chi connectivity index (χ1n) is 6.31. The van der Waals surface area contributed by atoms with Gasteiger partial charge in [0.1, 0.15) is 22.8 Å². The van der Waals surface area contributed by atoms with E-state index >= 15 is 0 Å². The van der Waals surface area contributed by atoms with Gasteiger partial charge in [-0.25, -0.2) is 0 Å². The summed E-state index contributed by atoms with van der Waals surface area (Å²) in [5.41, 5.74) is 0.972. The van der Waals surface area contributed by atoms with E-state index < -0.39 is 0 Å². The average Bonchev–Trinajstić information content (AvgIpc) is 2.53. The molecule has 0 aliphatic heterocycles. The molecule has 0 bridgehead atoms. The highest BCUT2D eigenvalue weighted by molar-refractivity contribution is 7.27. The van der Waals surface area contributed by atoms with Gasteiger partial charge < -0.3 is 14.2 Å². The van der Waals surface area contributed by atoms with Crippen molar-refractivity contribution in [1.29, 1.82) is 0 Å². The Labute approximate surface area is 126 Å². The summed E-state index contributed by atoms with van der Waals surface area (Å²) < 4.78 is 15.8. The van der Waals surface area contributed by atoms with E-state index in [1.807, 2.05) is 18.2 Å². The lowest BCUT2D eigenvalue weighted by Crippen LogP contribution is -2.13. The summed E-state index contributed by atoms with van der Waals surface area (Å²) in [7, 11) is 7.13. The molecule has 0 saturated heterocycles. The molecule has 2 aromatic carbocycles. The maximum Gasteiger partial charge on any atom is 0.201 e. The molecular formula is C16H17O4P. The Hall–Kier alpha value is -2.06. The van der Waals surface area contributed by atoms with Gasteiger partial charge in [-0.2, -0.15) is 0 Å². The van der Waals surface area contributed by atoms with Crippen LogP contribution in [0.2, 0.25) is 0 Å². The highest BCUT2D eigenvalue weighted by atomic mass is 31.0. The molecule has 0 aromatic heterocycles. The summed E-state index contributed by atoms with van der Waals surface area (Å²) in [6.07, 6.45) is 0. The van der Waals surface area contributed by atoms with Gasteiger partial charge in [0.05, 0.1) is 21.3 Å². The Morgan fingerprint density at radius 3 is 2.00 bits per heavy atom. The second-order valence-electron chi connectivity index (χ2n) is 4.32. The molecular weight excluding hydrogens is 287 g/mol. The fourth-order valence-electron chi connectivity index (χ4n) is 2.07. The highest BCUT2D eigenvalue weighted by Crippen LogP contribution is 2.35. The first-order chi connectivity index (χ1) is 10.1. The number of benzene rings is 2. The molecule has 1 unspecified atom stereocenters. The van der Waals surface area contributed by atoms with Crippen LogP contribution in [-0.2, 0) is 0 Å². The fourth-order valence-corrected chi connectivity index (χ4v) is 2.41. The van der Waals surface area contributed by atoms with Crippen LogP contribution < -0.4 is 19.5 Å². The van der Waals surface area contributed by atoms with Crippen LogP contribution in [0, 0.1) is 0 Å². The van der Waals surface area contributed by atoms with Crippen molar-refractivity contribution in [1.82, 2.24) is 0 Å². The van der Waals surface area contributed by atoms with E-state index in [9.17, 15) is 4.79 Å². The summed E-state index contributed by atoms with van der Waals surface area (Å²) in [4.78, 5) is 12.8. The van der Waals surface area contributed by atoms with E-state index in [4.69, 9.17) is 14.2 Å². The maximum atomic E-state index is 12.8. The monoisotopic (exact) mass is 304 g/mol. The third kappa shape index (κ3) is 3.01. The van der Waals surface area contributed by atoms with Gasteiger partial charge in [-0.15, -0.1) is 9.24 Å². The summed E-state index contributed by atoms with van der Waals surface area (Å²) in [5.74, 6) is 1.25. The van der Waals surface area contributed by atoms with Crippen LogP contribution in [0.25, 0.3) is 0 Å². The minimum absolute atomic E-state index is 0.156. The van der Waals surface area contributed by atoms with Crippen molar-refractivity contribution in [3.8, 4) is 17.2 Å². The van der Waals surface area contributed by atoms with Crippen molar-refractivity contribution >= 4 is 20.3 Å². The standard InChI is InChI=1S/C16H17O4P/c1-18-10-8-12(19-2)15(13(9-10)20-3)16(17)11-6-4-5-7-14(11)21/h4-9H,21H2,1-3H3. The molecule has 0 spiro atoms. The third-order valence-electron chi connectivity index (χ3n) is 3.15. The lowest BCUT2D eigenvalue weighted by Gasteiger charge is -2.15. The number of methoxy groups -OCH3 is 3. The number of hydrogen-bond donors (Lipinski definition) is 0. The molecule has 21 heavy (non-hydrogen) atoms. The molecule has 5 heteroatoms. The SMILES string of the molecule is COc1cc(OC)c(C(=O)c2ccccc2P)c(OC)c1. The van der Waals surface area contributed by atoms with E-state index in [-0.39, 0.29) is 5.78 Å². The fraction of sp³-hybridized carbons (Fsp3) is 0.188. The van der Waals surface area contributed by atoms with Crippen molar-refractivity contribution in [3.63, 3.8) is 0 Å². The molecule has 0 N–H and O–H groups in total. The van der Waals surface area contributed by atoms with Crippen molar-refractivity contribution in [2.45, 2.75) is 0 Å². The van der Waals surface area contributed by atoms with Gasteiger partial charge >= 0.3 is 0 Å². The molecule has 0 aliphatic rings. The van der Waals surface area contributed by atoms with Crippen LogP contribution >= 0.6 is 9.24 Å². The van der Waals surface area contributed by atoms with Crippen LogP contribution in [0.5, 0.6) is 17.2 Å². The smallest absolute Gasteiger partial charge is 0.201 e. The van der Waals surface area contributed by atoms with E-state index in [0.29, 0.717) is 28.4 Å². The minimum Gasteiger partial charge on any atom is -0.496 e. The molecule has 1 atom stereocenters. The zero-order chi connectivity index (χ0) is 15.4. The molecule has 0 saturated carbocycles. The number of ketones is 1. The lowest BCUT2D eigenvalue weighted by atomic mass is 10.0. The molecule has 0 amide bonds. The Balaban J connectivity index is 2.62. The number of hydrogen-bond acceptors (Lipinski definition) is 4. The lowest BCUT2D eigenvalue weighted by molar-refractivity contribution is 0.103. The predicted molar refractivity (Wildman–Crippen MR) is 85.3 cm³/mol.